The van der Waals surface area contributed by atoms with Crippen LogP contribution in [0.3, 0.4) is 0 Å². The first-order chi connectivity index (χ1) is 9.06. The normalized spacial score (nSPS) is 18.7. The molecule has 5 nitrogen and oxygen atoms in total. The lowest BCUT2D eigenvalue weighted by Crippen LogP contribution is -2.26. The molecule has 0 aromatic heterocycles. The fourth-order valence-corrected chi connectivity index (χ4v) is 2.40. The van der Waals surface area contributed by atoms with Gasteiger partial charge in [-0.3, -0.25) is 4.79 Å². The van der Waals surface area contributed by atoms with E-state index in [1.807, 2.05) is 0 Å². The van der Waals surface area contributed by atoms with Crippen molar-refractivity contribution in [3.63, 3.8) is 0 Å². The SMILES string of the molecule is COC(=O)c1ccc(N)c(N2CC(CS)CC2=O)c1. The van der Waals surface area contributed by atoms with E-state index in [-0.39, 0.29) is 11.8 Å². The van der Waals surface area contributed by atoms with Crippen molar-refractivity contribution >= 4 is 35.9 Å². The minimum Gasteiger partial charge on any atom is -0.465 e. The van der Waals surface area contributed by atoms with Crippen molar-refractivity contribution in [1.82, 2.24) is 0 Å². The molecule has 2 rings (SSSR count). The Kier molecular flexibility index (Phi) is 3.99. The lowest BCUT2D eigenvalue weighted by Gasteiger charge is -2.19. The van der Waals surface area contributed by atoms with Gasteiger partial charge in [0.25, 0.3) is 0 Å². The maximum absolute atomic E-state index is 12.0. The number of hydrogen-bond donors (Lipinski definition) is 2. The largest absolute Gasteiger partial charge is 0.465 e. The average Bonchev–Trinajstić information content (AvgIpc) is 2.79. The van der Waals surface area contributed by atoms with Gasteiger partial charge in [0, 0.05) is 13.0 Å². The summed E-state index contributed by atoms with van der Waals surface area (Å²) in [5.41, 5.74) is 7.32. The summed E-state index contributed by atoms with van der Waals surface area (Å²) in [5, 5.41) is 0. The van der Waals surface area contributed by atoms with E-state index in [1.165, 1.54) is 7.11 Å². The van der Waals surface area contributed by atoms with Crippen molar-refractivity contribution < 1.29 is 14.3 Å². The third-order valence-corrected chi connectivity index (χ3v) is 3.72. The van der Waals surface area contributed by atoms with Crippen LogP contribution >= 0.6 is 12.6 Å². The Balaban J connectivity index is 2.34. The third-order valence-electron chi connectivity index (χ3n) is 3.21. The highest BCUT2D eigenvalue weighted by molar-refractivity contribution is 7.80. The highest BCUT2D eigenvalue weighted by Gasteiger charge is 2.31. The lowest BCUT2D eigenvalue weighted by molar-refractivity contribution is -0.117. The van der Waals surface area contributed by atoms with E-state index in [9.17, 15) is 9.59 Å². The first-order valence-electron chi connectivity index (χ1n) is 5.96. The van der Waals surface area contributed by atoms with Crippen LogP contribution in [-0.4, -0.2) is 31.3 Å². The van der Waals surface area contributed by atoms with Crippen LogP contribution in [0.15, 0.2) is 18.2 Å². The van der Waals surface area contributed by atoms with Crippen LogP contribution in [0.1, 0.15) is 16.8 Å². The van der Waals surface area contributed by atoms with Crippen molar-refractivity contribution in [3.8, 4) is 0 Å². The molecule has 1 fully saturated rings. The number of carbonyl (C=O) groups excluding carboxylic acids is 2. The van der Waals surface area contributed by atoms with Gasteiger partial charge in [-0.1, -0.05) is 0 Å². The summed E-state index contributed by atoms with van der Waals surface area (Å²) in [6, 6.07) is 4.80. The molecule has 1 aliphatic heterocycles. The molecule has 1 aromatic carbocycles. The zero-order valence-electron chi connectivity index (χ0n) is 10.6. The Morgan fingerprint density at radius 3 is 2.89 bits per heavy atom. The van der Waals surface area contributed by atoms with Crippen molar-refractivity contribution in [2.45, 2.75) is 6.42 Å². The van der Waals surface area contributed by atoms with Crippen molar-refractivity contribution in [3.05, 3.63) is 23.8 Å². The van der Waals surface area contributed by atoms with Gasteiger partial charge in [-0.05, 0) is 29.9 Å². The fourth-order valence-electron chi connectivity index (χ4n) is 2.16. The van der Waals surface area contributed by atoms with E-state index < -0.39 is 5.97 Å². The van der Waals surface area contributed by atoms with Gasteiger partial charge in [-0.25, -0.2) is 4.79 Å². The second kappa shape index (κ2) is 5.52. The molecule has 6 heteroatoms. The molecular weight excluding hydrogens is 264 g/mol. The smallest absolute Gasteiger partial charge is 0.337 e. The summed E-state index contributed by atoms with van der Waals surface area (Å²) in [6.07, 6.45) is 0.464. The van der Waals surface area contributed by atoms with Gasteiger partial charge in [0.2, 0.25) is 5.91 Å². The van der Waals surface area contributed by atoms with E-state index in [4.69, 9.17) is 5.73 Å². The molecule has 0 bridgehead atoms. The Morgan fingerprint density at radius 2 is 2.32 bits per heavy atom. The second-order valence-corrected chi connectivity index (χ2v) is 4.89. The summed E-state index contributed by atoms with van der Waals surface area (Å²) >= 11 is 4.22. The van der Waals surface area contributed by atoms with E-state index in [0.29, 0.717) is 35.7 Å². The maximum Gasteiger partial charge on any atom is 0.337 e. The Morgan fingerprint density at radius 1 is 1.58 bits per heavy atom. The zero-order chi connectivity index (χ0) is 14.0. The van der Waals surface area contributed by atoms with E-state index in [2.05, 4.69) is 17.4 Å². The number of thiol groups is 1. The van der Waals surface area contributed by atoms with Gasteiger partial charge >= 0.3 is 5.97 Å². The average molecular weight is 280 g/mol. The number of ether oxygens (including phenoxy) is 1. The number of esters is 1. The molecule has 19 heavy (non-hydrogen) atoms. The number of rotatable bonds is 3. The van der Waals surface area contributed by atoms with Gasteiger partial charge in [0.05, 0.1) is 24.0 Å². The Hall–Kier alpha value is -1.69. The van der Waals surface area contributed by atoms with Gasteiger partial charge in [-0.15, -0.1) is 0 Å². The minimum absolute atomic E-state index is 0.00719. The monoisotopic (exact) mass is 280 g/mol. The lowest BCUT2D eigenvalue weighted by atomic mass is 10.1. The Bertz CT molecular complexity index is 519. The number of nitrogens with two attached hydrogens (primary N) is 1. The highest BCUT2D eigenvalue weighted by atomic mass is 32.1. The van der Waals surface area contributed by atoms with Gasteiger partial charge in [0.15, 0.2) is 0 Å². The van der Waals surface area contributed by atoms with Crippen molar-refractivity contribution in [2.75, 3.05) is 30.0 Å². The van der Waals surface area contributed by atoms with E-state index in [0.717, 1.165) is 0 Å². The summed E-state index contributed by atoms with van der Waals surface area (Å²) in [6.45, 7) is 0.581. The number of anilines is 2. The predicted molar refractivity (Wildman–Crippen MR) is 76.5 cm³/mol. The number of carbonyl (C=O) groups is 2. The van der Waals surface area contributed by atoms with Crippen molar-refractivity contribution in [2.24, 2.45) is 5.92 Å². The standard InChI is InChI=1S/C13H16N2O3S/c1-18-13(17)9-2-3-10(14)11(5-9)15-6-8(7-19)4-12(15)16/h2-3,5,8,19H,4,6-7,14H2,1H3. The summed E-state index contributed by atoms with van der Waals surface area (Å²) < 4.78 is 4.67. The predicted octanol–water partition coefficient (Wildman–Crippen LogP) is 1.34. The number of benzene rings is 1. The molecule has 0 radical (unpaired) electrons. The van der Waals surface area contributed by atoms with Crippen LogP contribution in [0.2, 0.25) is 0 Å². The molecule has 102 valence electrons. The first-order valence-corrected chi connectivity index (χ1v) is 6.59. The number of nitrogen functional groups attached to an aromatic ring is 1. The molecule has 1 heterocycles. The molecule has 1 aromatic rings. The summed E-state index contributed by atoms with van der Waals surface area (Å²) in [7, 11) is 1.32. The number of methoxy groups -OCH3 is 1. The first kappa shape index (κ1) is 13.7. The number of hydrogen-bond acceptors (Lipinski definition) is 5. The summed E-state index contributed by atoms with van der Waals surface area (Å²) in [4.78, 5) is 25.1. The molecule has 1 atom stereocenters. The molecule has 0 spiro atoms. The number of nitrogens with zero attached hydrogens (tertiary/aromatic N) is 1. The van der Waals surface area contributed by atoms with E-state index >= 15 is 0 Å². The van der Waals surface area contributed by atoms with Gasteiger partial charge in [0.1, 0.15) is 0 Å². The van der Waals surface area contributed by atoms with Gasteiger partial charge in [-0.2, -0.15) is 12.6 Å². The van der Waals surface area contributed by atoms with Crippen LogP contribution in [0.25, 0.3) is 0 Å². The van der Waals surface area contributed by atoms with Crippen LogP contribution in [0, 0.1) is 5.92 Å². The van der Waals surface area contributed by atoms with Crippen LogP contribution in [-0.2, 0) is 9.53 Å². The molecular formula is C13H16N2O3S. The summed E-state index contributed by atoms with van der Waals surface area (Å²) in [5.74, 6) is 0.433. The molecule has 1 saturated heterocycles. The van der Waals surface area contributed by atoms with Crippen molar-refractivity contribution in [1.29, 1.82) is 0 Å². The van der Waals surface area contributed by atoms with Crippen LogP contribution < -0.4 is 10.6 Å². The maximum atomic E-state index is 12.0. The molecule has 2 N–H and O–H groups in total. The quantitative estimate of drug-likeness (QED) is 0.498. The minimum atomic E-state index is -0.446. The molecule has 0 saturated carbocycles. The third kappa shape index (κ3) is 2.68. The molecule has 1 amide bonds. The van der Waals surface area contributed by atoms with Crippen LogP contribution in [0.5, 0.6) is 0 Å². The topological polar surface area (TPSA) is 72.6 Å². The Labute approximate surface area is 117 Å². The second-order valence-electron chi connectivity index (χ2n) is 4.52. The fraction of sp³-hybridized carbons (Fsp3) is 0.385. The van der Waals surface area contributed by atoms with E-state index in [1.54, 1.807) is 23.1 Å². The number of amides is 1. The molecule has 1 aliphatic rings. The highest BCUT2D eigenvalue weighted by Crippen LogP contribution is 2.31. The molecule has 1 unspecified atom stereocenters. The zero-order valence-corrected chi connectivity index (χ0v) is 11.5. The molecule has 0 aliphatic carbocycles. The van der Waals surface area contributed by atoms with Crippen LogP contribution in [0.4, 0.5) is 11.4 Å². The van der Waals surface area contributed by atoms with Gasteiger partial charge < -0.3 is 15.4 Å².